The zero-order valence-corrected chi connectivity index (χ0v) is 15.1. The van der Waals surface area contributed by atoms with Gasteiger partial charge in [0.15, 0.2) is 0 Å². The van der Waals surface area contributed by atoms with Gasteiger partial charge < -0.3 is 5.32 Å². The summed E-state index contributed by atoms with van der Waals surface area (Å²) in [5.41, 5.74) is 4.47. The van der Waals surface area contributed by atoms with Crippen LogP contribution in [0.3, 0.4) is 0 Å². The van der Waals surface area contributed by atoms with E-state index in [0.717, 1.165) is 11.1 Å². The maximum atomic E-state index is 12.2. The van der Waals surface area contributed by atoms with Crippen LogP contribution in [-0.2, 0) is 11.2 Å². The van der Waals surface area contributed by atoms with E-state index in [4.69, 9.17) is 23.2 Å². The lowest BCUT2D eigenvalue weighted by Gasteiger charge is -2.17. The lowest BCUT2D eigenvalue weighted by atomic mass is 10.00. The van der Waals surface area contributed by atoms with Crippen LogP contribution < -0.4 is 5.32 Å². The number of nitrogens with one attached hydrogen (secondary N) is 1. The predicted octanol–water partition coefficient (Wildman–Crippen LogP) is 5.42. The molecule has 0 aliphatic rings. The first kappa shape index (κ1) is 17.8. The summed E-state index contributed by atoms with van der Waals surface area (Å²) < 4.78 is 0. The van der Waals surface area contributed by atoms with Crippen molar-refractivity contribution in [1.82, 2.24) is 5.32 Å². The van der Waals surface area contributed by atoms with Crippen LogP contribution in [0.4, 0.5) is 0 Å². The molecule has 0 aliphatic heterocycles. The summed E-state index contributed by atoms with van der Waals surface area (Å²) in [5.74, 6) is 0.0180. The summed E-state index contributed by atoms with van der Waals surface area (Å²) in [6.45, 7) is 6.12. The minimum absolute atomic E-state index is 0.0110. The van der Waals surface area contributed by atoms with Gasteiger partial charge in [0.2, 0.25) is 5.91 Å². The van der Waals surface area contributed by atoms with Gasteiger partial charge in [-0.25, -0.2) is 0 Å². The number of aryl methyl sites for hydroxylation is 3. The van der Waals surface area contributed by atoms with Gasteiger partial charge in [0.1, 0.15) is 0 Å². The third-order valence-electron chi connectivity index (χ3n) is 3.92. The van der Waals surface area contributed by atoms with E-state index in [1.807, 2.05) is 13.0 Å². The Morgan fingerprint density at radius 3 is 2.57 bits per heavy atom. The van der Waals surface area contributed by atoms with Crippen molar-refractivity contribution in [3.8, 4) is 0 Å². The highest BCUT2D eigenvalue weighted by Gasteiger charge is 2.12. The van der Waals surface area contributed by atoms with Crippen LogP contribution in [0.2, 0.25) is 10.0 Å². The van der Waals surface area contributed by atoms with Crippen LogP contribution in [0, 0.1) is 13.8 Å². The maximum absolute atomic E-state index is 12.2. The number of halogens is 2. The topological polar surface area (TPSA) is 29.1 Å². The lowest BCUT2D eigenvalue weighted by Crippen LogP contribution is -2.27. The summed E-state index contributed by atoms with van der Waals surface area (Å²) >= 11 is 12.0. The molecule has 2 nitrogen and oxygen atoms in total. The van der Waals surface area contributed by atoms with Crippen LogP contribution in [0.5, 0.6) is 0 Å². The van der Waals surface area contributed by atoms with Crippen LogP contribution >= 0.6 is 23.2 Å². The second kappa shape index (κ2) is 7.85. The molecule has 0 saturated heterocycles. The van der Waals surface area contributed by atoms with Crippen LogP contribution in [0.15, 0.2) is 36.4 Å². The number of carbonyl (C=O) groups excluding carboxylic acids is 1. The Kier molecular flexibility index (Phi) is 6.09. The summed E-state index contributed by atoms with van der Waals surface area (Å²) in [4.78, 5) is 12.2. The van der Waals surface area contributed by atoms with Crippen molar-refractivity contribution in [3.63, 3.8) is 0 Å². The average Bonchev–Trinajstić information content (AvgIpc) is 2.48. The summed E-state index contributed by atoms with van der Waals surface area (Å²) in [6, 6.07) is 11.6. The third-order valence-corrected chi connectivity index (χ3v) is 4.50. The monoisotopic (exact) mass is 349 g/mol. The minimum atomic E-state index is -0.0110. The molecule has 1 unspecified atom stereocenters. The molecule has 0 fully saturated rings. The molecule has 0 aromatic heterocycles. The molecule has 0 aliphatic carbocycles. The molecule has 122 valence electrons. The predicted molar refractivity (Wildman–Crippen MR) is 97.3 cm³/mol. The first-order valence-electron chi connectivity index (χ1n) is 7.67. The van der Waals surface area contributed by atoms with Crippen molar-refractivity contribution in [3.05, 3.63) is 68.7 Å². The van der Waals surface area contributed by atoms with E-state index in [9.17, 15) is 4.79 Å². The second-order valence-corrected chi connectivity index (χ2v) is 6.73. The van der Waals surface area contributed by atoms with Gasteiger partial charge in [-0.05, 0) is 56.0 Å². The minimum Gasteiger partial charge on any atom is -0.350 e. The van der Waals surface area contributed by atoms with Crippen LogP contribution in [-0.4, -0.2) is 5.91 Å². The highest BCUT2D eigenvalue weighted by atomic mass is 35.5. The molecule has 1 atom stereocenters. The van der Waals surface area contributed by atoms with Crippen molar-refractivity contribution in [2.24, 2.45) is 0 Å². The van der Waals surface area contributed by atoms with Gasteiger partial charge in [0.25, 0.3) is 0 Å². The number of benzene rings is 2. The number of hydrogen-bond donors (Lipinski definition) is 1. The van der Waals surface area contributed by atoms with E-state index in [1.54, 1.807) is 12.1 Å². The van der Waals surface area contributed by atoms with E-state index in [0.29, 0.717) is 22.9 Å². The van der Waals surface area contributed by atoms with E-state index in [1.165, 1.54) is 11.1 Å². The zero-order chi connectivity index (χ0) is 17.0. The third kappa shape index (κ3) is 4.98. The average molecular weight is 350 g/mol. The van der Waals surface area contributed by atoms with Gasteiger partial charge in [-0.1, -0.05) is 53.0 Å². The first-order chi connectivity index (χ1) is 10.9. The summed E-state index contributed by atoms with van der Waals surface area (Å²) in [5, 5.41) is 4.27. The molecule has 1 amide bonds. The van der Waals surface area contributed by atoms with Gasteiger partial charge in [0, 0.05) is 16.5 Å². The molecular formula is C19H21Cl2NO. The molecule has 0 heterocycles. The number of amides is 1. The number of carbonyl (C=O) groups is 1. The Labute approximate surface area is 147 Å². The number of hydrogen-bond acceptors (Lipinski definition) is 1. The van der Waals surface area contributed by atoms with E-state index in [2.05, 4.69) is 37.4 Å². The summed E-state index contributed by atoms with van der Waals surface area (Å²) in [7, 11) is 0. The van der Waals surface area contributed by atoms with Gasteiger partial charge in [-0.3, -0.25) is 4.79 Å². The Hall–Kier alpha value is -1.51. The van der Waals surface area contributed by atoms with Gasteiger partial charge in [0.05, 0.1) is 6.04 Å². The molecule has 0 spiro atoms. The highest BCUT2D eigenvalue weighted by Crippen LogP contribution is 2.23. The zero-order valence-electron chi connectivity index (χ0n) is 13.6. The second-order valence-electron chi connectivity index (χ2n) is 5.88. The molecule has 2 rings (SSSR count). The normalized spacial score (nSPS) is 12.0. The van der Waals surface area contributed by atoms with Crippen LogP contribution in [0.1, 0.15) is 41.6 Å². The van der Waals surface area contributed by atoms with E-state index < -0.39 is 0 Å². The van der Waals surface area contributed by atoms with E-state index in [-0.39, 0.29) is 11.9 Å². The molecule has 1 N–H and O–H groups in total. The SMILES string of the molecule is Cc1ccc(C)c(C(C)NC(=O)CCc2ccc(Cl)cc2Cl)c1. The van der Waals surface area contributed by atoms with Gasteiger partial charge in [-0.15, -0.1) is 0 Å². The van der Waals surface area contributed by atoms with Crippen molar-refractivity contribution in [2.45, 2.75) is 39.7 Å². The largest absolute Gasteiger partial charge is 0.350 e. The van der Waals surface area contributed by atoms with E-state index >= 15 is 0 Å². The number of rotatable bonds is 5. The molecule has 0 radical (unpaired) electrons. The van der Waals surface area contributed by atoms with Crippen molar-refractivity contribution < 1.29 is 4.79 Å². The standard InChI is InChI=1S/C19H21Cl2NO/c1-12-4-5-13(2)17(10-12)14(3)22-19(23)9-7-15-6-8-16(20)11-18(15)21/h4-6,8,10-11,14H,7,9H2,1-3H3,(H,22,23). The van der Waals surface area contributed by atoms with Crippen molar-refractivity contribution in [2.75, 3.05) is 0 Å². The molecule has 2 aromatic rings. The van der Waals surface area contributed by atoms with Crippen molar-refractivity contribution in [1.29, 1.82) is 0 Å². The molecule has 4 heteroatoms. The molecule has 23 heavy (non-hydrogen) atoms. The first-order valence-corrected chi connectivity index (χ1v) is 8.43. The fourth-order valence-electron chi connectivity index (χ4n) is 2.59. The fraction of sp³-hybridized carbons (Fsp3) is 0.316. The quantitative estimate of drug-likeness (QED) is 0.766. The Balaban J connectivity index is 1.95. The summed E-state index contributed by atoms with van der Waals surface area (Å²) in [6.07, 6.45) is 0.998. The molecule has 2 aromatic carbocycles. The van der Waals surface area contributed by atoms with Crippen molar-refractivity contribution >= 4 is 29.1 Å². The maximum Gasteiger partial charge on any atom is 0.220 e. The Morgan fingerprint density at radius 1 is 1.13 bits per heavy atom. The molecular weight excluding hydrogens is 329 g/mol. The van der Waals surface area contributed by atoms with Crippen LogP contribution in [0.25, 0.3) is 0 Å². The Morgan fingerprint density at radius 2 is 1.87 bits per heavy atom. The lowest BCUT2D eigenvalue weighted by molar-refractivity contribution is -0.121. The molecule has 0 saturated carbocycles. The smallest absolute Gasteiger partial charge is 0.220 e. The fourth-order valence-corrected chi connectivity index (χ4v) is 3.09. The van der Waals surface area contributed by atoms with Gasteiger partial charge >= 0.3 is 0 Å². The highest BCUT2D eigenvalue weighted by molar-refractivity contribution is 6.35. The Bertz CT molecular complexity index is 713. The van der Waals surface area contributed by atoms with Gasteiger partial charge in [-0.2, -0.15) is 0 Å². The molecule has 0 bridgehead atoms.